The SMILES string of the molecule is Cc1ccc(/C=N\NC(=O)COc2cc(Cl)ccc2Cl)s1. The molecule has 1 N–H and O–H groups in total. The Kier molecular flexibility index (Phi) is 5.61. The molecule has 2 aromatic rings. The number of ether oxygens (including phenoxy) is 1. The van der Waals surface area contributed by atoms with Crippen molar-refractivity contribution in [2.45, 2.75) is 6.92 Å². The van der Waals surface area contributed by atoms with Crippen LogP contribution in [0, 0.1) is 6.92 Å². The van der Waals surface area contributed by atoms with Crippen LogP contribution in [-0.4, -0.2) is 18.7 Å². The van der Waals surface area contributed by atoms with Crippen molar-refractivity contribution in [2.24, 2.45) is 5.10 Å². The number of hydrogen-bond acceptors (Lipinski definition) is 4. The first kappa shape index (κ1) is 15.8. The van der Waals surface area contributed by atoms with Gasteiger partial charge in [-0.2, -0.15) is 5.10 Å². The number of carbonyl (C=O) groups is 1. The Morgan fingerprint density at radius 2 is 2.19 bits per heavy atom. The average molecular weight is 343 g/mol. The Balaban J connectivity index is 1.82. The highest BCUT2D eigenvalue weighted by atomic mass is 35.5. The number of rotatable bonds is 5. The van der Waals surface area contributed by atoms with Gasteiger partial charge in [0.05, 0.1) is 11.2 Å². The number of aryl methyl sites for hydroxylation is 1. The third kappa shape index (κ3) is 5.04. The molecule has 0 fully saturated rings. The maximum atomic E-state index is 11.6. The van der Waals surface area contributed by atoms with Crippen LogP contribution in [0.2, 0.25) is 10.0 Å². The van der Waals surface area contributed by atoms with Gasteiger partial charge in [0.1, 0.15) is 5.75 Å². The second kappa shape index (κ2) is 7.45. The number of halogens is 2. The highest BCUT2D eigenvalue weighted by Gasteiger charge is 2.06. The number of nitrogens with one attached hydrogen (secondary N) is 1. The van der Waals surface area contributed by atoms with E-state index in [1.165, 1.54) is 4.88 Å². The lowest BCUT2D eigenvalue weighted by molar-refractivity contribution is -0.123. The summed E-state index contributed by atoms with van der Waals surface area (Å²) in [5.41, 5.74) is 2.38. The molecule has 0 aliphatic heterocycles. The van der Waals surface area contributed by atoms with Crippen LogP contribution in [0.25, 0.3) is 0 Å². The first-order valence-corrected chi connectivity index (χ1v) is 7.58. The maximum absolute atomic E-state index is 11.6. The minimum absolute atomic E-state index is 0.194. The summed E-state index contributed by atoms with van der Waals surface area (Å²) >= 11 is 13.3. The van der Waals surface area contributed by atoms with Crippen LogP contribution < -0.4 is 10.2 Å². The highest BCUT2D eigenvalue weighted by Crippen LogP contribution is 2.27. The minimum atomic E-state index is -0.379. The summed E-state index contributed by atoms with van der Waals surface area (Å²) in [5.74, 6) is -0.0206. The first-order valence-electron chi connectivity index (χ1n) is 6.01. The Labute approximate surface area is 136 Å². The number of amides is 1. The van der Waals surface area contributed by atoms with E-state index in [1.807, 2.05) is 19.1 Å². The van der Waals surface area contributed by atoms with E-state index in [-0.39, 0.29) is 12.5 Å². The van der Waals surface area contributed by atoms with Gasteiger partial charge in [-0.25, -0.2) is 5.43 Å². The molecule has 7 heteroatoms. The van der Waals surface area contributed by atoms with Crippen LogP contribution in [0.5, 0.6) is 5.75 Å². The normalized spacial score (nSPS) is 10.8. The van der Waals surface area contributed by atoms with Gasteiger partial charge in [-0.05, 0) is 31.2 Å². The van der Waals surface area contributed by atoms with Crippen LogP contribution in [0.3, 0.4) is 0 Å². The van der Waals surface area contributed by atoms with E-state index in [1.54, 1.807) is 35.8 Å². The molecule has 0 spiro atoms. The molecule has 0 saturated carbocycles. The number of thiophene rings is 1. The molecular formula is C14H12Cl2N2O2S. The number of hydrazone groups is 1. The third-order valence-corrected chi connectivity index (χ3v) is 3.88. The van der Waals surface area contributed by atoms with E-state index < -0.39 is 0 Å². The van der Waals surface area contributed by atoms with Gasteiger partial charge in [0.25, 0.3) is 5.91 Å². The molecule has 0 aliphatic carbocycles. The monoisotopic (exact) mass is 342 g/mol. The number of nitrogens with zero attached hydrogens (tertiary/aromatic N) is 1. The van der Waals surface area contributed by atoms with Gasteiger partial charge in [0, 0.05) is 20.8 Å². The van der Waals surface area contributed by atoms with Crippen LogP contribution >= 0.6 is 34.5 Å². The zero-order valence-corrected chi connectivity index (χ0v) is 13.4. The lowest BCUT2D eigenvalue weighted by Gasteiger charge is -2.07. The van der Waals surface area contributed by atoms with Crippen molar-refractivity contribution in [2.75, 3.05) is 6.61 Å². The molecule has 1 heterocycles. The average Bonchev–Trinajstić information content (AvgIpc) is 2.85. The van der Waals surface area contributed by atoms with Gasteiger partial charge in [0.2, 0.25) is 0 Å². The molecule has 0 aliphatic rings. The second-order valence-electron chi connectivity index (χ2n) is 4.11. The van der Waals surface area contributed by atoms with E-state index in [0.29, 0.717) is 15.8 Å². The van der Waals surface area contributed by atoms with Crippen LogP contribution in [0.15, 0.2) is 35.4 Å². The molecule has 21 heavy (non-hydrogen) atoms. The largest absolute Gasteiger partial charge is 0.482 e. The Hall–Kier alpha value is -1.56. The maximum Gasteiger partial charge on any atom is 0.277 e. The smallest absolute Gasteiger partial charge is 0.277 e. The predicted molar refractivity (Wildman–Crippen MR) is 86.7 cm³/mol. The zero-order valence-electron chi connectivity index (χ0n) is 11.1. The van der Waals surface area contributed by atoms with Crippen LogP contribution in [0.1, 0.15) is 9.75 Å². The van der Waals surface area contributed by atoms with Gasteiger partial charge in [-0.3, -0.25) is 4.79 Å². The topological polar surface area (TPSA) is 50.7 Å². The second-order valence-corrected chi connectivity index (χ2v) is 6.27. The molecule has 110 valence electrons. The van der Waals surface area contributed by atoms with Crippen LogP contribution in [0.4, 0.5) is 0 Å². The summed E-state index contributed by atoms with van der Waals surface area (Å²) in [6, 6.07) is 8.71. The molecule has 1 aromatic carbocycles. The Morgan fingerprint density at radius 3 is 2.90 bits per heavy atom. The molecule has 0 bridgehead atoms. The molecule has 0 radical (unpaired) electrons. The molecule has 4 nitrogen and oxygen atoms in total. The molecule has 1 aromatic heterocycles. The Bertz CT molecular complexity index is 671. The molecule has 2 rings (SSSR count). The van der Waals surface area contributed by atoms with E-state index in [4.69, 9.17) is 27.9 Å². The minimum Gasteiger partial charge on any atom is -0.482 e. The Morgan fingerprint density at radius 1 is 1.38 bits per heavy atom. The number of hydrogen-bond donors (Lipinski definition) is 1. The van der Waals surface area contributed by atoms with Gasteiger partial charge in [-0.1, -0.05) is 23.2 Å². The quantitative estimate of drug-likeness (QED) is 0.661. The fraction of sp³-hybridized carbons (Fsp3) is 0.143. The molecule has 1 amide bonds. The third-order valence-electron chi connectivity index (χ3n) is 2.39. The van der Waals surface area contributed by atoms with Crippen molar-refractivity contribution >= 4 is 46.7 Å². The highest BCUT2D eigenvalue weighted by molar-refractivity contribution is 7.13. The van der Waals surface area contributed by atoms with E-state index >= 15 is 0 Å². The number of carbonyl (C=O) groups excluding carboxylic acids is 1. The van der Waals surface area contributed by atoms with Crippen molar-refractivity contribution in [1.29, 1.82) is 0 Å². The van der Waals surface area contributed by atoms with Crippen molar-refractivity contribution in [1.82, 2.24) is 5.43 Å². The van der Waals surface area contributed by atoms with Gasteiger partial charge in [0.15, 0.2) is 6.61 Å². The van der Waals surface area contributed by atoms with Gasteiger partial charge in [-0.15, -0.1) is 11.3 Å². The molecule has 0 saturated heterocycles. The lowest BCUT2D eigenvalue weighted by Crippen LogP contribution is -2.24. The van der Waals surface area contributed by atoms with Crippen molar-refractivity contribution < 1.29 is 9.53 Å². The summed E-state index contributed by atoms with van der Waals surface area (Å²) in [7, 11) is 0. The summed E-state index contributed by atoms with van der Waals surface area (Å²) in [5, 5.41) is 4.73. The van der Waals surface area contributed by atoms with E-state index in [9.17, 15) is 4.79 Å². The fourth-order valence-electron chi connectivity index (χ4n) is 1.45. The summed E-state index contributed by atoms with van der Waals surface area (Å²) in [6.07, 6.45) is 1.59. The first-order chi connectivity index (χ1) is 10.0. The van der Waals surface area contributed by atoms with Crippen molar-refractivity contribution in [3.8, 4) is 5.75 Å². The van der Waals surface area contributed by atoms with Crippen LogP contribution in [-0.2, 0) is 4.79 Å². The van der Waals surface area contributed by atoms with Gasteiger partial charge >= 0.3 is 0 Å². The summed E-state index contributed by atoms with van der Waals surface area (Å²) < 4.78 is 5.29. The van der Waals surface area contributed by atoms with Crippen molar-refractivity contribution in [3.63, 3.8) is 0 Å². The van der Waals surface area contributed by atoms with Crippen molar-refractivity contribution in [3.05, 3.63) is 50.1 Å². The zero-order chi connectivity index (χ0) is 15.2. The predicted octanol–water partition coefficient (Wildman–Crippen LogP) is 3.89. The van der Waals surface area contributed by atoms with Gasteiger partial charge < -0.3 is 4.74 Å². The summed E-state index contributed by atoms with van der Waals surface area (Å²) in [6.45, 7) is 1.81. The standard InChI is InChI=1S/C14H12Cl2N2O2S/c1-9-2-4-11(21-9)7-17-18-14(19)8-20-13-6-10(15)3-5-12(13)16/h2-7H,8H2,1H3,(H,18,19)/b17-7-. The molecular weight excluding hydrogens is 331 g/mol. The van der Waals surface area contributed by atoms with E-state index in [0.717, 1.165) is 4.88 Å². The fourth-order valence-corrected chi connectivity index (χ4v) is 2.54. The molecule has 0 atom stereocenters. The molecule has 0 unspecified atom stereocenters. The lowest BCUT2D eigenvalue weighted by atomic mass is 10.3. The summed E-state index contributed by atoms with van der Waals surface area (Å²) in [4.78, 5) is 13.7. The number of benzene rings is 1. The van der Waals surface area contributed by atoms with E-state index in [2.05, 4.69) is 10.5 Å².